The lowest BCUT2D eigenvalue weighted by Crippen LogP contribution is -2.58. The largest absolute Gasteiger partial charge is 0.480 e. The van der Waals surface area contributed by atoms with Gasteiger partial charge in [-0.2, -0.15) is 0 Å². The van der Waals surface area contributed by atoms with Crippen LogP contribution >= 0.6 is 11.8 Å². The van der Waals surface area contributed by atoms with Crippen molar-refractivity contribution in [2.75, 3.05) is 27.3 Å². The lowest BCUT2D eigenvalue weighted by atomic mass is 9.85. The molecular formula is C40H69ClN4O11. The van der Waals surface area contributed by atoms with E-state index in [9.17, 15) is 28.8 Å². The first-order chi connectivity index (χ1) is 25.0. The van der Waals surface area contributed by atoms with Gasteiger partial charge in [0, 0.05) is 19.0 Å². The van der Waals surface area contributed by atoms with E-state index in [1.54, 1.807) is 71.6 Å². The van der Waals surface area contributed by atoms with Crippen molar-refractivity contribution >= 4 is 47.8 Å². The topological polar surface area (TPSA) is 190 Å². The molecule has 3 amide bonds. The average molecular weight is 817 g/mol. The number of methoxy groups -OCH3 is 2. The molecule has 2 saturated heterocycles. The molecule has 2 heterocycles. The number of carboxylic acids is 1. The lowest BCUT2D eigenvalue weighted by Gasteiger charge is -2.37. The standard InChI is InChI=1S/C20H34N2O5.C11H21NO4.C9H14ClNO2/c1-18(2,3)14(21-17(25)27-19(4,5)6)15(23)22-10-11-12(20(11,7)8)13(22)16(24)26-9;1-10(2,3)7(8(13)14)12-9(15)16-11(4,5)6;1-9(2)5-4-11(10)7(6(5)9)8(12)13-3/h11-14H,10H2,1-9H3,(H,21,25);7H,1-6H3,(H,12,15)(H,13,14);5-7H,4H2,1-3H3/t11-,12-,13-,14+;7-;5-,6-,7-/m010/s1. The van der Waals surface area contributed by atoms with Crippen LogP contribution in [-0.2, 0) is 38.1 Å². The van der Waals surface area contributed by atoms with Crippen molar-refractivity contribution in [3.63, 3.8) is 0 Å². The van der Waals surface area contributed by atoms with Crippen LogP contribution in [0.15, 0.2) is 0 Å². The molecule has 2 aliphatic heterocycles. The van der Waals surface area contributed by atoms with Crippen molar-refractivity contribution in [3.8, 4) is 0 Å². The predicted octanol–water partition coefficient (Wildman–Crippen LogP) is 5.86. The van der Waals surface area contributed by atoms with Crippen LogP contribution in [0.3, 0.4) is 0 Å². The minimum Gasteiger partial charge on any atom is -0.480 e. The fourth-order valence-electron chi connectivity index (χ4n) is 7.84. The molecule has 2 saturated carbocycles. The average Bonchev–Trinajstić information content (AvgIpc) is 3.49. The van der Waals surface area contributed by atoms with Gasteiger partial charge in [-0.25, -0.2) is 23.6 Å². The van der Waals surface area contributed by atoms with Crippen molar-refractivity contribution in [1.29, 1.82) is 0 Å². The zero-order chi connectivity index (χ0) is 43.9. The Morgan fingerprint density at radius 1 is 0.643 bits per heavy atom. The van der Waals surface area contributed by atoms with Gasteiger partial charge in [-0.05, 0) is 92.7 Å². The summed E-state index contributed by atoms with van der Waals surface area (Å²) in [6.07, 6.45) is -1.36. The molecule has 4 fully saturated rings. The summed E-state index contributed by atoms with van der Waals surface area (Å²) >= 11 is 5.94. The molecule has 0 spiro atoms. The molecule has 0 aromatic rings. The monoisotopic (exact) mass is 816 g/mol. The molecule has 15 nitrogen and oxygen atoms in total. The van der Waals surface area contributed by atoms with E-state index in [0.717, 1.165) is 6.54 Å². The molecular weight excluding hydrogens is 748 g/mol. The Kier molecular flexibility index (Phi) is 14.7. The van der Waals surface area contributed by atoms with E-state index in [1.807, 2.05) is 20.8 Å². The molecule has 56 heavy (non-hydrogen) atoms. The Balaban J connectivity index is 0.000000317. The molecule has 0 radical (unpaired) electrons. The van der Waals surface area contributed by atoms with Crippen LogP contribution in [0.25, 0.3) is 0 Å². The summed E-state index contributed by atoms with van der Waals surface area (Å²) in [6, 6.07) is -2.61. The maximum absolute atomic E-state index is 13.3. The Morgan fingerprint density at radius 2 is 1.00 bits per heavy atom. The SMILES string of the molecule is CC(C)(C)OC(=O)N[C@H](C(=O)O)C(C)(C)C.COC(=O)[C@@H]1[C@@H]2[C@H](CN1C(=O)[C@@H](NC(=O)OC(C)(C)C)C(C)(C)C)C2(C)C.COC(=O)[C@@H]1[C@@H]2[C@H](CN1Cl)C2(C)C. The predicted molar refractivity (Wildman–Crippen MR) is 210 cm³/mol. The first-order valence-electron chi connectivity index (χ1n) is 19.1. The van der Waals surface area contributed by atoms with Gasteiger partial charge in [-0.1, -0.05) is 69.2 Å². The number of halogens is 1. The van der Waals surface area contributed by atoms with Gasteiger partial charge in [0.1, 0.15) is 35.4 Å². The van der Waals surface area contributed by atoms with E-state index in [-0.39, 0.29) is 40.6 Å². The van der Waals surface area contributed by atoms with Gasteiger partial charge in [0.25, 0.3) is 0 Å². The first kappa shape index (κ1) is 48.8. The van der Waals surface area contributed by atoms with Crippen LogP contribution in [-0.4, -0.2) is 113 Å². The number of esters is 2. The van der Waals surface area contributed by atoms with Crippen LogP contribution in [0.1, 0.15) is 111 Å². The normalized spacial score (nSPS) is 26.9. The maximum Gasteiger partial charge on any atom is 0.408 e. The van der Waals surface area contributed by atoms with Gasteiger partial charge in [-0.3, -0.25) is 9.59 Å². The Morgan fingerprint density at radius 3 is 1.34 bits per heavy atom. The van der Waals surface area contributed by atoms with Crippen molar-refractivity contribution in [3.05, 3.63) is 0 Å². The summed E-state index contributed by atoms with van der Waals surface area (Å²) in [4.78, 5) is 73.4. The number of aliphatic carboxylic acids is 1. The summed E-state index contributed by atoms with van der Waals surface area (Å²) in [7, 11) is 2.75. The number of ether oxygens (including phenoxy) is 4. The minimum atomic E-state index is -1.07. The molecule has 4 rings (SSSR count). The van der Waals surface area contributed by atoms with Crippen LogP contribution in [0, 0.1) is 45.3 Å². The molecule has 3 N–H and O–H groups in total. The van der Waals surface area contributed by atoms with Crippen molar-refractivity contribution in [2.24, 2.45) is 45.3 Å². The summed E-state index contributed by atoms with van der Waals surface area (Å²) < 4.78 is 21.6. The number of fused-ring (bicyclic) bond motifs is 2. The number of alkyl carbamates (subject to hydrolysis) is 2. The maximum atomic E-state index is 13.3. The summed E-state index contributed by atoms with van der Waals surface area (Å²) in [5.41, 5.74) is -2.12. The van der Waals surface area contributed by atoms with Crippen LogP contribution < -0.4 is 10.6 Å². The first-order valence-corrected chi connectivity index (χ1v) is 19.5. The number of piperidine rings is 2. The number of likely N-dealkylation sites (tertiary alicyclic amines) is 1. The highest BCUT2D eigenvalue weighted by Gasteiger charge is 2.70. The van der Waals surface area contributed by atoms with E-state index in [2.05, 4.69) is 38.3 Å². The molecule has 4 aliphatic rings. The van der Waals surface area contributed by atoms with Crippen molar-refractivity contribution < 1.29 is 52.8 Å². The molecule has 2 aliphatic carbocycles. The number of nitrogens with zero attached hydrogens (tertiary/aromatic N) is 2. The zero-order valence-electron chi connectivity index (χ0n) is 36.8. The zero-order valence-corrected chi connectivity index (χ0v) is 37.6. The molecule has 16 heteroatoms. The number of hydrogen-bond acceptors (Lipinski definition) is 11. The van der Waals surface area contributed by atoms with Gasteiger partial charge in [0.05, 0.1) is 14.2 Å². The number of hydrogen-bond donors (Lipinski definition) is 3. The van der Waals surface area contributed by atoms with E-state index in [4.69, 9.17) is 35.8 Å². The molecule has 0 aromatic carbocycles. The number of carbonyl (C=O) groups is 6. The highest BCUT2D eigenvalue weighted by molar-refractivity contribution is 6.15. The lowest BCUT2D eigenvalue weighted by molar-refractivity contribution is -0.154. The second-order valence-corrected chi connectivity index (χ2v) is 21.1. The molecule has 322 valence electrons. The summed E-state index contributed by atoms with van der Waals surface area (Å²) in [5.74, 6) is -0.625. The second-order valence-electron chi connectivity index (χ2n) is 20.6. The Hall–Kier alpha value is -3.33. The summed E-state index contributed by atoms with van der Waals surface area (Å²) in [5, 5.41) is 14.1. The molecule has 0 unspecified atom stereocenters. The fraction of sp³-hybridized carbons (Fsp3) is 0.850. The number of amides is 3. The van der Waals surface area contributed by atoms with Crippen LogP contribution in [0.5, 0.6) is 0 Å². The third-order valence-corrected chi connectivity index (χ3v) is 11.4. The second kappa shape index (κ2) is 16.9. The molecule has 8 atom stereocenters. The highest BCUT2D eigenvalue weighted by Crippen LogP contribution is 2.66. The van der Waals surface area contributed by atoms with Crippen LogP contribution in [0.4, 0.5) is 9.59 Å². The molecule has 0 aromatic heterocycles. The number of rotatable bonds is 6. The number of nitrogens with one attached hydrogen (secondary N) is 2. The summed E-state index contributed by atoms with van der Waals surface area (Å²) in [6.45, 7) is 31.2. The van der Waals surface area contributed by atoms with E-state index < -0.39 is 64.3 Å². The Labute approximate surface area is 338 Å². The van der Waals surface area contributed by atoms with Gasteiger partial charge in [0.2, 0.25) is 5.91 Å². The number of carbonyl (C=O) groups excluding carboxylic acids is 5. The van der Waals surface area contributed by atoms with Gasteiger partial charge in [-0.15, -0.1) is 0 Å². The van der Waals surface area contributed by atoms with Crippen molar-refractivity contribution in [1.82, 2.24) is 20.0 Å². The van der Waals surface area contributed by atoms with Gasteiger partial charge >= 0.3 is 30.1 Å². The smallest absolute Gasteiger partial charge is 0.408 e. The van der Waals surface area contributed by atoms with Gasteiger partial charge in [0.15, 0.2) is 0 Å². The van der Waals surface area contributed by atoms with Crippen LogP contribution in [0.2, 0.25) is 0 Å². The fourth-order valence-corrected chi connectivity index (χ4v) is 8.19. The third-order valence-electron chi connectivity index (χ3n) is 11.1. The highest BCUT2D eigenvalue weighted by atomic mass is 35.5. The third kappa shape index (κ3) is 11.9. The quantitative estimate of drug-likeness (QED) is 0.165. The Bertz CT molecular complexity index is 1490. The van der Waals surface area contributed by atoms with Crippen molar-refractivity contribution in [2.45, 2.75) is 146 Å². The number of carboxylic acid groups (broad SMARTS) is 1. The molecule has 0 bridgehead atoms. The van der Waals surface area contributed by atoms with E-state index in [0.29, 0.717) is 18.4 Å². The minimum absolute atomic E-state index is 0.0193. The van der Waals surface area contributed by atoms with E-state index >= 15 is 0 Å². The van der Waals surface area contributed by atoms with E-state index in [1.165, 1.54) is 14.2 Å². The van der Waals surface area contributed by atoms with Gasteiger partial charge < -0.3 is 39.6 Å².